The van der Waals surface area contributed by atoms with Crippen LogP contribution in [0.3, 0.4) is 0 Å². The average molecular weight is 390 g/mol. The van der Waals surface area contributed by atoms with E-state index in [1.165, 1.54) is 18.2 Å². The van der Waals surface area contributed by atoms with Gasteiger partial charge in [0, 0.05) is 0 Å². The number of benzene rings is 2. The second kappa shape index (κ2) is 9.58. The van der Waals surface area contributed by atoms with Crippen LogP contribution in [0.15, 0.2) is 30.3 Å². The van der Waals surface area contributed by atoms with Crippen molar-refractivity contribution in [2.45, 2.75) is 40.7 Å². The molecule has 6 heteroatoms. The van der Waals surface area contributed by atoms with Gasteiger partial charge in [-0.2, -0.15) is 5.06 Å². The zero-order valence-corrected chi connectivity index (χ0v) is 17.4. The maximum absolute atomic E-state index is 10.4. The minimum Gasteiger partial charge on any atom is -0.493 e. The Bertz CT molecular complexity index is 807. The van der Waals surface area contributed by atoms with E-state index in [1.807, 2.05) is 26.0 Å². The molecule has 0 saturated carbocycles. The Morgan fingerprint density at radius 1 is 1.07 bits per heavy atom. The van der Waals surface area contributed by atoms with Crippen LogP contribution in [0.1, 0.15) is 36.1 Å². The number of hydrogen-bond acceptors (Lipinski definition) is 5. The summed E-state index contributed by atoms with van der Waals surface area (Å²) in [5.74, 6) is 1.44. The second-order valence-electron chi connectivity index (χ2n) is 6.16. The first-order valence-electron chi connectivity index (χ1n) is 8.97. The topological polar surface area (TPSA) is 51.2 Å². The molecule has 27 heavy (non-hydrogen) atoms. The molecule has 0 spiro atoms. The zero-order valence-electron chi connectivity index (χ0n) is 16.5. The van der Waals surface area contributed by atoms with Crippen LogP contribution in [-0.2, 0) is 17.8 Å². The molecular formula is C21H27NO4S. The van der Waals surface area contributed by atoms with Gasteiger partial charge in [0.2, 0.25) is 0 Å². The lowest BCUT2D eigenvalue weighted by atomic mass is 10.0. The molecule has 0 bridgehead atoms. The molecule has 0 unspecified atom stereocenters. The SMILES string of the molecule is CCOc1cccc(N(O)C(=S)OC)c1COc1cc(C)c(CC)cc1C. The van der Waals surface area contributed by atoms with Gasteiger partial charge in [-0.1, -0.05) is 19.1 Å². The number of anilines is 1. The van der Waals surface area contributed by atoms with Crippen molar-refractivity contribution in [1.82, 2.24) is 0 Å². The Kier molecular flexibility index (Phi) is 7.45. The molecule has 0 heterocycles. The van der Waals surface area contributed by atoms with Crippen molar-refractivity contribution in [2.24, 2.45) is 0 Å². The van der Waals surface area contributed by atoms with Gasteiger partial charge in [-0.25, -0.2) is 0 Å². The molecule has 0 aliphatic heterocycles. The van der Waals surface area contributed by atoms with E-state index >= 15 is 0 Å². The highest BCUT2D eigenvalue weighted by Crippen LogP contribution is 2.32. The van der Waals surface area contributed by atoms with E-state index in [9.17, 15) is 5.21 Å². The molecule has 2 rings (SSSR count). The van der Waals surface area contributed by atoms with E-state index < -0.39 is 0 Å². The van der Waals surface area contributed by atoms with E-state index in [2.05, 4.69) is 19.9 Å². The first-order chi connectivity index (χ1) is 12.9. The van der Waals surface area contributed by atoms with Crippen LogP contribution in [0.2, 0.25) is 0 Å². The third kappa shape index (κ3) is 4.90. The molecule has 0 atom stereocenters. The van der Waals surface area contributed by atoms with Crippen LogP contribution in [0.25, 0.3) is 0 Å². The molecule has 2 aromatic rings. The molecule has 0 fully saturated rings. The molecular weight excluding hydrogens is 362 g/mol. The predicted molar refractivity (Wildman–Crippen MR) is 111 cm³/mol. The summed E-state index contributed by atoms with van der Waals surface area (Å²) in [6.45, 7) is 8.88. The van der Waals surface area contributed by atoms with E-state index in [-0.39, 0.29) is 11.8 Å². The lowest BCUT2D eigenvalue weighted by Gasteiger charge is -2.22. The fraction of sp³-hybridized carbons (Fsp3) is 0.381. The molecule has 0 saturated heterocycles. The van der Waals surface area contributed by atoms with Crippen molar-refractivity contribution < 1.29 is 19.4 Å². The van der Waals surface area contributed by atoms with Gasteiger partial charge >= 0.3 is 0 Å². The number of methoxy groups -OCH3 is 1. The van der Waals surface area contributed by atoms with Crippen LogP contribution < -0.4 is 14.5 Å². The van der Waals surface area contributed by atoms with Gasteiger partial charge in [-0.15, -0.1) is 0 Å². The summed E-state index contributed by atoms with van der Waals surface area (Å²) in [6, 6.07) is 9.57. The minimum absolute atomic E-state index is 0.0516. The van der Waals surface area contributed by atoms with Crippen molar-refractivity contribution >= 4 is 23.1 Å². The van der Waals surface area contributed by atoms with Gasteiger partial charge < -0.3 is 14.2 Å². The number of thiocarbonyl (C=S) groups is 1. The summed E-state index contributed by atoms with van der Waals surface area (Å²) in [7, 11) is 1.41. The van der Waals surface area contributed by atoms with Crippen LogP contribution in [0.4, 0.5) is 5.69 Å². The first kappa shape index (κ1) is 21.0. The molecule has 146 valence electrons. The van der Waals surface area contributed by atoms with Crippen molar-refractivity contribution in [3.63, 3.8) is 0 Å². The second-order valence-corrected chi connectivity index (χ2v) is 6.50. The summed E-state index contributed by atoms with van der Waals surface area (Å²) in [6.07, 6.45) is 0.984. The summed E-state index contributed by atoms with van der Waals surface area (Å²) in [5.41, 5.74) is 4.73. The van der Waals surface area contributed by atoms with Gasteiger partial charge in [-0.05, 0) is 74.3 Å². The molecule has 1 N–H and O–H groups in total. The van der Waals surface area contributed by atoms with Crippen LogP contribution in [-0.4, -0.2) is 24.1 Å². The van der Waals surface area contributed by atoms with Crippen LogP contribution in [0, 0.1) is 13.8 Å². The quantitative estimate of drug-likeness (QED) is 0.533. The largest absolute Gasteiger partial charge is 0.493 e. The zero-order chi connectivity index (χ0) is 20.0. The highest BCUT2D eigenvalue weighted by Gasteiger charge is 2.19. The van der Waals surface area contributed by atoms with E-state index in [0.29, 0.717) is 23.6 Å². The lowest BCUT2D eigenvalue weighted by molar-refractivity contribution is 0.259. The number of nitrogens with zero attached hydrogens (tertiary/aromatic N) is 1. The molecule has 2 aromatic carbocycles. The van der Waals surface area contributed by atoms with Gasteiger partial charge in [0.05, 0.1) is 25.0 Å². The summed E-state index contributed by atoms with van der Waals surface area (Å²) in [5, 5.41) is 11.2. The normalized spacial score (nSPS) is 10.4. The summed E-state index contributed by atoms with van der Waals surface area (Å²) >= 11 is 5.04. The molecule has 5 nitrogen and oxygen atoms in total. The number of hydroxylamine groups is 1. The number of hydrogen-bond donors (Lipinski definition) is 1. The Morgan fingerprint density at radius 3 is 2.44 bits per heavy atom. The maximum atomic E-state index is 10.4. The van der Waals surface area contributed by atoms with Gasteiger partial charge in [0.25, 0.3) is 5.17 Å². The van der Waals surface area contributed by atoms with Crippen molar-refractivity contribution in [1.29, 1.82) is 0 Å². The highest BCUT2D eigenvalue weighted by atomic mass is 32.1. The van der Waals surface area contributed by atoms with Crippen molar-refractivity contribution in [3.8, 4) is 11.5 Å². The Balaban J connectivity index is 2.36. The Hall–Kier alpha value is -2.31. The fourth-order valence-corrected chi connectivity index (χ4v) is 3.01. The summed E-state index contributed by atoms with van der Waals surface area (Å²) < 4.78 is 16.8. The van der Waals surface area contributed by atoms with E-state index in [0.717, 1.165) is 22.8 Å². The third-order valence-corrected chi connectivity index (χ3v) is 4.71. The molecule has 0 radical (unpaired) electrons. The van der Waals surface area contributed by atoms with Crippen LogP contribution >= 0.6 is 12.2 Å². The van der Waals surface area contributed by atoms with Gasteiger partial charge in [0.1, 0.15) is 18.1 Å². The average Bonchev–Trinajstić information content (AvgIpc) is 2.67. The van der Waals surface area contributed by atoms with E-state index in [1.54, 1.807) is 12.1 Å². The smallest absolute Gasteiger partial charge is 0.288 e. The first-order valence-corrected chi connectivity index (χ1v) is 9.38. The van der Waals surface area contributed by atoms with Gasteiger partial charge in [-0.3, -0.25) is 5.21 Å². The highest BCUT2D eigenvalue weighted by molar-refractivity contribution is 7.80. The standard InChI is InChI=1S/C21H27NO4S/c1-6-16-11-15(4)20(12-14(16)3)26-13-17-18(22(23)21(27)24-5)9-8-10-19(17)25-7-2/h8-12,23H,6-7,13H2,1-5H3. The van der Waals surface area contributed by atoms with Gasteiger partial charge in [0.15, 0.2) is 0 Å². The summed E-state index contributed by atoms with van der Waals surface area (Å²) in [4.78, 5) is 0. The van der Waals surface area contributed by atoms with E-state index in [4.69, 9.17) is 26.4 Å². The Morgan fingerprint density at radius 2 is 1.81 bits per heavy atom. The number of aryl methyl sites for hydroxylation is 3. The lowest BCUT2D eigenvalue weighted by Crippen LogP contribution is -2.27. The number of ether oxygens (including phenoxy) is 3. The number of rotatable bonds is 7. The third-order valence-electron chi connectivity index (χ3n) is 4.37. The fourth-order valence-electron chi connectivity index (χ4n) is 2.91. The molecule has 0 amide bonds. The molecule has 0 aromatic heterocycles. The monoisotopic (exact) mass is 389 g/mol. The van der Waals surface area contributed by atoms with Crippen molar-refractivity contribution in [2.75, 3.05) is 18.8 Å². The Labute approximate surface area is 166 Å². The minimum atomic E-state index is -0.0516. The molecule has 0 aliphatic carbocycles. The van der Waals surface area contributed by atoms with Crippen molar-refractivity contribution in [3.05, 3.63) is 52.6 Å². The predicted octanol–water partition coefficient (Wildman–Crippen LogP) is 4.97. The maximum Gasteiger partial charge on any atom is 0.288 e. The molecule has 0 aliphatic rings. The van der Waals surface area contributed by atoms with Crippen LogP contribution in [0.5, 0.6) is 11.5 Å².